The first-order valence-corrected chi connectivity index (χ1v) is 4.17. The van der Waals surface area contributed by atoms with Gasteiger partial charge in [-0.05, 0) is 0 Å². The Labute approximate surface area is 105 Å². The van der Waals surface area contributed by atoms with Crippen LogP contribution in [-0.2, 0) is 2.81 Å². The van der Waals surface area contributed by atoms with Crippen LogP contribution in [0.5, 0.6) is 0 Å². The van der Waals surface area contributed by atoms with Crippen molar-refractivity contribution in [3.8, 4) is 0 Å². The van der Waals surface area contributed by atoms with Crippen LogP contribution in [0.1, 0.15) is 0 Å². The molecule has 42 valence electrons. The van der Waals surface area contributed by atoms with Crippen LogP contribution < -0.4 is 61.0 Å². The van der Waals surface area contributed by atoms with Crippen molar-refractivity contribution < 1.29 is 73.4 Å². The molecular weight excluding hydrogens is 356 g/mol. The molecule has 0 bridgehead atoms. The van der Waals surface area contributed by atoms with E-state index in [0.717, 1.165) is 0 Å². The van der Waals surface area contributed by atoms with Crippen molar-refractivity contribution in [1.82, 2.24) is 0 Å². The van der Waals surface area contributed by atoms with Crippen molar-refractivity contribution in [1.29, 1.82) is 0 Å². The van der Waals surface area contributed by atoms with Crippen LogP contribution >= 0.6 is 0 Å². The molecule has 0 fully saturated rings. The first-order chi connectivity index (χ1) is 3.00. The van der Waals surface area contributed by atoms with Gasteiger partial charge in [-0.25, -0.2) is 0 Å². The summed E-state index contributed by atoms with van der Waals surface area (Å²) >= 11 is 0.194. The summed E-state index contributed by atoms with van der Waals surface area (Å²) in [5, 5.41) is 0. The zero-order valence-electron chi connectivity index (χ0n) is 4.07. The van der Waals surface area contributed by atoms with Crippen LogP contribution in [0.15, 0.2) is 0 Å². The molecule has 0 unspecified atom stereocenters. The summed E-state index contributed by atoms with van der Waals surface area (Å²) in [6.45, 7) is 0. The second kappa shape index (κ2) is 9.38. The van der Waals surface area contributed by atoms with Crippen molar-refractivity contribution in [2.75, 3.05) is 0 Å². The zero-order chi connectivity index (χ0) is 6.50. The summed E-state index contributed by atoms with van der Waals surface area (Å²) in [7, 11) is -5.11. The minimum absolute atomic E-state index is 0. The van der Waals surface area contributed by atoms with Gasteiger partial charge in [-0.15, -0.1) is 0 Å². The summed E-state index contributed by atoms with van der Waals surface area (Å²) in [5.41, 5.74) is 0. The minimum atomic E-state index is -5.11. The molecule has 0 aliphatic carbocycles. The number of hydrogen-bond acceptors (Lipinski definition) is 5. The van der Waals surface area contributed by atoms with Crippen molar-refractivity contribution in [3.05, 3.63) is 0 Å². The Kier molecular flexibility index (Phi) is 19.7. The van der Waals surface area contributed by atoms with Gasteiger partial charge in [0.1, 0.15) is 9.05 Å². The molecule has 0 spiro atoms. The third-order valence-electron chi connectivity index (χ3n) is 0. The van der Waals surface area contributed by atoms with E-state index in [-0.39, 0.29) is 76.1 Å². The molecular formula is H2BiKO5Si. The van der Waals surface area contributed by atoms with Crippen molar-refractivity contribution in [2.45, 2.75) is 0 Å². The van der Waals surface area contributed by atoms with E-state index in [1.54, 1.807) is 0 Å². The quantitative estimate of drug-likeness (QED) is 0.419. The van der Waals surface area contributed by atoms with Gasteiger partial charge in [0.15, 0.2) is 0 Å². The Morgan fingerprint density at radius 1 is 1.25 bits per heavy atom. The molecule has 0 rings (SSSR count). The summed E-state index contributed by atoms with van der Waals surface area (Å²) < 4.78 is 8.36. The van der Waals surface area contributed by atoms with Crippen molar-refractivity contribution in [2.24, 2.45) is 0 Å². The molecule has 2 N–H and O–H groups in total. The van der Waals surface area contributed by atoms with E-state index in [1.165, 1.54) is 0 Å². The average molecular weight is 358 g/mol. The number of rotatable bonds is 0. The molecule has 0 aromatic carbocycles. The van der Waals surface area contributed by atoms with Crippen LogP contribution in [0.3, 0.4) is 0 Å². The molecule has 0 aromatic rings. The molecule has 8 heavy (non-hydrogen) atoms. The van der Waals surface area contributed by atoms with Crippen LogP contribution in [0.25, 0.3) is 0 Å². The van der Waals surface area contributed by atoms with Gasteiger partial charge in [0.2, 0.25) is 0 Å². The summed E-state index contributed by atoms with van der Waals surface area (Å²) in [5.74, 6) is 0. The van der Waals surface area contributed by atoms with E-state index in [4.69, 9.17) is 22.0 Å². The van der Waals surface area contributed by atoms with E-state index in [1.807, 2.05) is 0 Å². The molecule has 0 amide bonds. The molecule has 0 aliphatic rings. The third-order valence-corrected chi connectivity index (χ3v) is 0. The predicted molar refractivity (Wildman–Crippen MR) is 16.6 cm³/mol. The maximum atomic E-state index is 8.80. The molecule has 0 atom stereocenters. The van der Waals surface area contributed by atoms with E-state index in [0.29, 0.717) is 0 Å². The molecule has 2 radical (unpaired) electrons. The Morgan fingerprint density at radius 2 is 1.25 bits per heavy atom. The molecule has 0 saturated carbocycles. The first-order valence-electron chi connectivity index (χ1n) is 1.04. The standard InChI is InChI=1S/Bi.K.H2O4Si.O/c;;1-5(2,3)4;/h;;1-2H;/q2*+1;-2;. The summed E-state index contributed by atoms with van der Waals surface area (Å²) in [6, 6.07) is 0. The Morgan fingerprint density at radius 3 is 1.25 bits per heavy atom. The van der Waals surface area contributed by atoms with Gasteiger partial charge in [0.25, 0.3) is 0 Å². The fourth-order valence-corrected chi connectivity index (χ4v) is 0. The monoisotopic (exact) mass is 358 g/mol. The van der Waals surface area contributed by atoms with Gasteiger partial charge in [-0.3, -0.25) is 0 Å². The Hall–Kier alpha value is 2.38. The van der Waals surface area contributed by atoms with Gasteiger partial charge >= 0.3 is 78.9 Å². The molecule has 0 aliphatic heterocycles. The van der Waals surface area contributed by atoms with Gasteiger partial charge in [-0.2, -0.15) is 0 Å². The molecule has 0 aromatic heterocycles. The fraction of sp³-hybridized carbons (Fsp3) is 0. The molecule has 8 heteroatoms. The summed E-state index contributed by atoms with van der Waals surface area (Å²) in [6.07, 6.45) is 0. The van der Waals surface area contributed by atoms with E-state index >= 15 is 0 Å². The van der Waals surface area contributed by atoms with Crippen LogP contribution in [0.4, 0.5) is 0 Å². The van der Waals surface area contributed by atoms with Crippen molar-refractivity contribution in [3.63, 3.8) is 0 Å². The SMILES string of the molecule is [K+].[O-][Si]([O-])(O)O.[O]=[Bi+]. The third kappa shape index (κ3) is 80.7. The second-order valence-electron chi connectivity index (χ2n) is 0.548. The second-order valence-corrected chi connectivity index (χ2v) is 1.65. The molecule has 0 saturated heterocycles. The predicted octanol–water partition coefficient (Wildman–Crippen LogP) is -7.37. The van der Waals surface area contributed by atoms with Crippen LogP contribution in [-0.4, -0.2) is 43.4 Å². The Balaban J connectivity index is -0.0000000750. The van der Waals surface area contributed by atoms with E-state index in [2.05, 4.69) is 0 Å². The fourth-order valence-electron chi connectivity index (χ4n) is 0. The summed E-state index contributed by atoms with van der Waals surface area (Å²) in [4.78, 5) is 31.8. The normalized spacial score (nSPS) is 8.00. The van der Waals surface area contributed by atoms with Crippen molar-refractivity contribution >= 4 is 33.8 Å². The van der Waals surface area contributed by atoms with Gasteiger partial charge < -0.3 is 19.2 Å². The van der Waals surface area contributed by atoms with Gasteiger partial charge in [-0.1, -0.05) is 0 Å². The number of hydrogen-bond donors (Lipinski definition) is 2. The average Bonchev–Trinajstić information content (AvgIpc) is 1.36. The Bertz CT molecular complexity index is 36.2. The van der Waals surface area contributed by atoms with Crippen LogP contribution in [0, 0.1) is 0 Å². The van der Waals surface area contributed by atoms with E-state index < -0.39 is 9.05 Å². The van der Waals surface area contributed by atoms with E-state index in [9.17, 15) is 0 Å². The molecule has 0 heterocycles. The van der Waals surface area contributed by atoms with Gasteiger partial charge in [0.05, 0.1) is 0 Å². The molecule has 5 nitrogen and oxygen atoms in total. The maximum absolute atomic E-state index is 8.80. The topological polar surface area (TPSA) is 104 Å². The van der Waals surface area contributed by atoms with Gasteiger partial charge in [0, 0.05) is 0 Å². The first kappa shape index (κ1) is 16.8. The van der Waals surface area contributed by atoms with Crippen LogP contribution in [0.2, 0.25) is 0 Å². The zero-order valence-corrected chi connectivity index (χ0v) is 11.7.